The van der Waals surface area contributed by atoms with Gasteiger partial charge in [0, 0.05) is 40.1 Å². The van der Waals surface area contributed by atoms with Gasteiger partial charge in [-0.3, -0.25) is 24.2 Å². The summed E-state index contributed by atoms with van der Waals surface area (Å²) in [4.78, 5) is 51.2. The summed E-state index contributed by atoms with van der Waals surface area (Å²) >= 11 is 13.0. The molecule has 1 aromatic heterocycles. The lowest BCUT2D eigenvalue weighted by atomic mass is 9.76. The second-order valence-electron chi connectivity index (χ2n) is 10.6. The van der Waals surface area contributed by atoms with Crippen molar-refractivity contribution >= 4 is 51.9 Å². The molecule has 1 aliphatic heterocycles. The number of carbonyl (C=O) groups excluding carboxylic acids is 3. The van der Waals surface area contributed by atoms with Gasteiger partial charge in [-0.05, 0) is 54.3 Å². The first-order valence-corrected chi connectivity index (χ1v) is 16.1. The van der Waals surface area contributed by atoms with Crippen molar-refractivity contribution in [1.82, 2.24) is 20.1 Å². The van der Waals surface area contributed by atoms with Crippen molar-refractivity contribution in [3.05, 3.63) is 98.8 Å². The van der Waals surface area contributed by atoms with E-state index in [2.05, 4.69) is 15.2 Å². The first kappa shape index (κ1) is 31.1. The minimum atomic E-state index is -1.31. The Bertz CT molecular complexity index is 1560. The number of hydrogen-bond acceptors (Lipinski definition) is 6. The quantitative estimate of drug-likeness (QED) is 0.298. The largest absolute Gasteiger partial charge is 0.366 e. The minimum Gasteiger partial charge on any atom is -0.366 e. The molecule has 0 radical (unpaired) electrons. The predicted octanol–water partition coefficient (Wildman–Crippen LogP) is 4.21. The van der Waals surface area contributed by atoms with Gasteiger partial charge < -0.3 is 10.6 Å². The van der Waals surface area contributed by atoms with Crippen LogP contribution in [0.3, 0.4) is 0 Å². The van der Waals surface area contributed by atoms with Gasteiger partial charge >= 0.3 is 0 Å². The number of rotatable bonds is 9. The lowest BCUT2D eigenvalue weighted by Gasteiger charge is -2.49. The zero-order valence-electron chi connectivity index (χ0n) is 23.3. The van der Waals surface area contributed by atoms with Crippen molar-refractivity contribution in [2.24, 2.45) is 5.73 Å². The number of pyridine rings is 1. The van der Waals surface area contributed by atoms with E-state index in [0.29, 0.717) is 38.9 Å². The molecular formula is C30H31Cl2N5O5S. The Morgan fingerprint density at radius 3 is 2.56 bits per heavy atom. The number of aromatic nitrogens is 1. The summed E-state index contributed by atoms with van der Waals surface area (Å²) in [6, 6.07) is 13.7. The van der Waals surface area contributed by atoms with Crippen LogP contribution in [-0.4, -0.2) is 50.2 Å². The fourth-order valence-electron chi connectivity index (χ4n) is 5.97. The molecule has 5 atom stereocenters. The topological polar surface area (TPSA) is 144 Å². The molecule has 4 N–H and O–H groups in total. The molecule has 13 heteroatoms. The lowest BCUT2D eigenvalue weighted by Crippen LogP contribution is -2.58. The molecule has 3 aromatic rings. The Hall–Kier alpha value is -3.35. The van der Waals surface area contributed by atoms with Gasteiger partial charge in [-0.1, -0.05) is 60.3 Å². The van der Waals surface area contributed by atoms with E-state index in [0.717, 1.165) is 19.3 Å². The summed E-state index contributed by atoms with van der Waals surface area (Å²) in [5.74, 6) is -2.24. The summed E-state index contributed by atoms with van der Waals surface area (Å²) < 4.78 is 15.4. The van der Waals surface area contributed by atoms with Gasteiger partial charge in [-0.2, -0.15) is 0 Å². The van der Waals surface area contributed by atoms with E-state index in [1.165, 1.54) is 12.3 Å². The first-order valence-electron chi connectivity index (χ1n) is 13.8. The van der Waals surface area contributed by atoms with Crippen LogP contribution in [0.15, 0.2) is 60.8 Å². The summed E-state index contributed by atoms with van der Waals surface area (Å²) in [5.41, 5.74) is 10.0. The molecule has 3 amide bonds. The lowest BCUT2D eigenvalue weighted by molar-refractivity contribution is -0.138. The van der Waals surface area contributed by atoms with Crippen molar-refractivity contribution in [3.8, 4) is 0 Å². The van der Waals surface area contributed by atoms with Crippen LogP contribution in [0.1, 0.15) is 75.2 Å². The highest BCUT2D eigenvalue weighted by Crippen LogP contribution is 2.47. The number of primary amides is 1. The number of nitrogens with one attached hydrogen (secondary N) is 2. The van der Waals surface area contributed by atoms with E-state index in [-0.39, 0.29) is 30.2 Å². The Kier molecular flexibility index (Phi) is 9.78. The Morgan fingerprint density at radius 1 is 1.09 bits per heavy atom. The molecule has 226 valence electrons. The second-order valence-corrected chi connectivity index (χ2v) is 12.6. The van der Waals surface area contributed by atoms with E-state index < -0.39 is 34.8 Å². The van der Waals surface area contributed by atoms with Crippen LogP contribution in [0, 0.1) is 0 Å². The number of nitrogens with zero attached hydrogens (tertiary/aromatic N) is 2. The molecule has 1 aliphatic carbocycles. The summed E-state index contributed by atoms with van der Waals surface area (Å²) in [7, 11) is -1.31. The average Bonchev–Trinajstić information content (AvgIpc) is 2.98. The standard InChI is InChI=1S/C30H31Cl2N5O5S/c1-43(41)36-24-8-4-5-9-25(24)37-27(22-13-11-18(31)14-23(22)32)26(20-6-2-3-7-21(20)30(37)40)29(39)35-42-16-19-12-10-17(15-34-19)28(33)38/h2-3,6-7,10-15,24-27,36H,4-5,8-9,16H2,1H3,(H2,33,38)(H,35,39)/t24-,25?,26+,27-,43?/m0/s1. The maximum Gasteiger partial charge on any atom is 0.255 e. The molecule has 0 spiro atoms. The predicted molar refractivity (Wildman–Crippen MR) is 163 cm³/mol. The third kappa shape index (κ3) is 6.76. The number of fused-ring (bicyclic) bond motifs is 1. The van der Waals surface area contributed by atoms with Crippen LogP contribution in [0.25, 0.3) is 0 Å². The van der Waals surface area contributed by atoms with Gasteiger partial charge in [-0.25, -0.2) is 14.4 Å². The highest BCUT2D eigenvalue weighted by molar-refractivity contribution is 7.82. The number of benzene rings is 2. The molecule has 2 unspecified atom stereocenters. The van der Waals surface area contributed by atoms with E-state index in [4.69, 9.17) is 33.8 Å². The van der Waals surface area contributed by atoms with Crippen LogP contribution in [0.2, 0.25) is 10.0 Å². The first-order chi connectivity index (χ1) is 20.7. The van der Waals surface area contributed by atoms with Crippen LogP contribution >= 0.6 is 23.2 Å². The van der Waals surface area contributed by atoms with Crippen LogP contribution < -0.4 is 15.9 Å². The molecule has 43 heavy (non-hydrogen) atoms. The van der Waals surface area contributed by atoms with Crippen LogP contribution in [-0.2, 0) is 27.2 Å². The van der Waals surface area contributed by atoms with E-state index >= 15 is 0 Å². The highest BCUT2D eigenvalue weighted by Gasteiger charge is 2.49. The number of amides is 3. The fraction of sp³-hybridized carbons (Fsp3) is 0.333. The SMILES string of the molecule is CS(=O)N[C@H]1CCCCC1N1C(=O)c2ccccc2[C@@H](C(=O)NOCc2ccc(C(N)=O)cn2)[C@@H]1c1ccc(Cl)cc1Cl. The van der Waals surface area contributed by atoms with Crippen LogP contribution in [0.4, 0.5) is 0 Å². The number of hydroxylamine groups is 1. The Balaban J connectivity index is 1.54. The fourth-order valence-corrected chi connectivity index (χ4v) is 7.19. The smallest absolute Gasteiger partial charge is 0.255 e. The van der Waals surface area contributed by atoms with Crippen molar-refractivity contribution in [2.75, 3.05) is 6.26 Å². The third-order valence-electron chi connectivity index (χ3n) is 7.85. The number of nitrogens with two attached hydrogens (primary N) is 1. The molecule has 10 nitrogen and oxygen atoms in total. The number of hydrogen-bond donors (Lipinski definition) is 3. The van der Waals surface area contributed by atoms with Crippen LogP contribution in [0.5, 0.6) is 0 Å². The summed E-state index contributed by atoms with van der Waals surface area (Å²) in [6.45, 7) is -0.0783. The zero-order valence-corrected chi connectivity index (χ0v) is 25.6. The summed E-state index contributed by atoms with van der Waals surface area (Å²) in [6.07, 6.45) is 6.06. The van der Waals surface area contributed by atoms with Crippen molar-refractivity contribution in [2.45, 2.75) is 56.3 Å². The van der Waals surface area contributed by atoms with Gasteiger partial charge in [0.25, 0.3) is 11.8 Å². The molecule has 2 aliphatic rings. The van der Waals surface area contributed by atoms with E-state index in [9.17, 15) is 18.6 Å². The summed E-state index contributed by atoms with van der Waals surface area (Å²) in [5, 5.41) is 0.729. The molecule has 2 aromatic carbocycles. The molecule has 0 saturated heterocycles. The molecule has 1 saturated carbocycles. The van der Waals surface area contributed by atoms with Crippen molar-refractivity contribution in [1.29, 1.82) is 0 Å². The molecule has 0 bridgehead atoms. The van der Waals surface area contributed by atoms with Gasteiger partial charge in [0.2, 0.25) is 5.91 Å². The molecule has 5 rings (SSSR count). The Labute approximate surface area is 261 Å². The molecule has 1 fully saturated rings. The zero-order chi connectivity index (χ0) is 30.7. The van der Waals surface area contributed by atoms with Gasteiger partial charge in [0.05, 0.1) is 34.2 Å². The maximum absolute atomic E-state index is 14.3. The van der Waals surface area contributed by atoms with Gasteiger partial charge in [0.1, 0.15) is 6.61 Å². The van der Waals surface area contributed by atoms with Gasteiger partial charge in [0.15, 0.2) is 0 Å². The maximum atomic E-state index is 14.3. The van der Waals surface area contributed by atoms with E-state index in [1.54, 1.807) is 59.7 Å². The normalized spacial score (nSPS) is 22.5. The highest BCUT2D eigenvalue weighted by atomic mass is 35.5. The third-order valence-corrected chi connectivity index (χ3v) is 9.04. The Morgan fingerprint density at radius 2 is 1.86 bits per heavy atom. The molecular weight excluding hydrogens is 613 g/mol. The molecule has 2 heterocycles. The monoisotopic (exact) mass is 643 g/mol. The average molecular weight is 645 g/mol. The second kappa shape index (κ2) is 13.5. The number of carbonyl (C=O) groups is 3. The van der Waals surface area contributed by atoms with E-state index in [1.807, 2.05) is 0 Å². The van der Waals surface area contributed by atoms with Crippen molar-refractivity contribution in [3.63, 3.8) is 0 Å². The van der Waals surface area contributed by atoms with Gasteiger partial charge in [-0.15, -0.1) is 0 Å². The number of halogens is 2. The minimum absolute atomic E-state index is 0.0783. The van der Waals surface area contributed by atoms with Crippen molar-refractivity contribution < 1.29 is 23.4 Å².